The lowest BCUT2D eigenvalue weighted by Gasteiger charge is -2.42. The van der Waals surface area contributed by atoms with Gasteiger partial charge in [0.15, 0.2) is 0 Å². The predicted molar refractivity (Wildman–Crippen MR) is 66.2 cm³/mol. The van der Waals surface area contributed by atoms with Gasteiger partial charge in [-0.3, -0.25) is 0 Å². The minimum Gasteiger partial charge on any atom is -0.393 e. The van der Waals surface area contributed by atoms with Gasteiger partial charge >= 0.3 is 53.5 Å². The predicted octanol–water partition coefficient (Wildman–Crippen LogP) is 6.17. The number of ether oxygens (including phenoxy) is 1. The lowest BCUT2D eigenvalue weighted by Crippen LogP contribution is -2.74. The first-order valence-electron chi connectivity index (χ1n) is 6.99. The van der Waals surface area contributed by atoms with Gasteiger partial charge in [-0.1, -0.05) is 6.58 Å². The van der Waals surface area contributed by atoms with E-state index in [2.05, 4.69) is 11.3 Å². The zero-order chi connectivity index (χ0) is 25.9. The largest absolute Gasteiger partial charge is 0.473 e. The van der Waals surface area contributed by atoms with E-state index in [0.29, 0.717) is 6.92 Å². The van der Waals surface area contributed by atoms with Crippen LogP contribution in [0.5, 0.6) is 0 Å². The molecule has 0 N–H and O–H groups in total. The molecule has 0 atom stereocenters. The Morgan fingerprint density at radius 1 is 0.581 bits per heavy atom. The summed E-state index contributed by atoms with van der Waals surface area (Å²) < 4.78 is 213. The molecule has 0 saturated carbocycles. The Morgan fingerprint density at radius 2 is 0.839 bits per heavy atom. The fourth-order valence-corrected chi connectivity index (χ4v) is 1.51. The molecule has 31 heavy (non-hydrogen) atoms. The van der Waals surface area contributed by atoms with Gasteiger partial charge in [-0.2, -0.15) is 70.2 Å². The molecular weight excluding hydrogens is 492 g/mol. The van der Waals surface area contributed by atoms with Gasteiger partial charge in [-0.15, -0.1) is 0 Å². The van der Waals surface area contributed by atoms with Gasteiger partial charge in [0, 0.05) is 12.5 Å². The highest BCUT2D eigenvalue weighted by Gasteiger charge is 2.95. The highest BCUT2D eigenvalue weighted by molar-refractivity contribution is 5.87. The average molecular weight is 500 g/mol. The molecule has 0 bridgehead atoms. The number of carbonyl (C=O) groups excluding carboxylic acids is 1. The third-order valence-corrected chi connectivity index (χ3v) is 3.46. The van der Waals surface area contributed by atoms with Crippen LogP contribution in [0.15, 0.2) is 12.2 Å². The Bertz CT molecular complexity index is 718. The van der Waals surface area contributed by atoms with Gasteiger partial charge in [-0.25, -0.2) is 4.79 Å². The first-order valence-corrected chi connectivity index (χ1v) is 6.99. The number of hydrogen-bond acceptors (Lipinski definition) is 2. The summed E-state index contributed by atoms with van der Waals surface area (Å²) in [6.07, 6.45) is -7.14. The van der Waals surface area contributed by atoms with E-state index in [1.165, 1.54) is 0 Å². The van der Waals surface area contributed by atoms with Crippen LogP contribution in [-0.2, 0) is 9.53 Å². The summed E-state index contributed by atoms with van der Waals surface area (Å²) in [7, 11) is 0. The molecule has 0 radical (unpaired) electrons. The molecule has 2 nitrogen and oxygen atoms in total. The standard InChI is InChI=1S/C13H8F16O2/c1-4(2)5(30)31-13(28,29)12(26,27)11(24,25)10(22,23)9(20,21)8(18,19)7(16,17)6(3,14)15/h1H2,2-3H3. The second-order valence-electron chi connectivity index (χ2n) is 6.02. The summed E-state index contributed by atoms with van der Waals surface area (Å²) in [4.78, 5) is 10.8. The Balaban J connectivity index is 6.69. The smallest absolute Gasteiger partial charge is 0.393 e. The maximum absolute atomic E-state index is 13.4. The van der Waals surface area contributed by atoms with Gasteiger partial charge in [0.1, 0.15) is 0 Å². The Morgan fingerprint density at radius 3 is 1.10 bits per heavy atom. The van der Waals surface area contributed by atoms with Gasteiger partial charge in [0.25, 0.3) is 0 Å². The van der Waals surface area contributed by atoms with Crippen molar-refractivity contribution < 1.29 is 79.8 Å². The second-order valence-corrected chi connectivity index (χ2v) is 6.02. The van der Waals surface area contributed by atoms with E-state index in [9.17, 15) is 75.0 Å². The molecule has 0 amide bonds. The molecule has 18 heteroatoms. The molecule has 0 heterocycles. The van der Waals surface area contributed by atoms with Gasteiger partial charge in [0.05, 0.1) is 0 Å². The summed E-state index contributed by atoms with van der Waals surface area (Å²) in [5, 5.41) is 0. The average Bonchev–Trinajstić information content (AvgIpc) is 2.51. The van der Waals surface area contributed by atoms with Crippen molar-refractivity contribution in [1.82, 2.24) is 0 Å². The van der Waals surface area contributed by atoms with Crippen molar-refractivity contribution in [3.8, 4) is 0 Å². The van der Waals surface area contributed by atoms with Gasteiger partial charge in [0.2, 0.25) is 0 Å². The Hall–Kier alpha value is -1.91. The third-order valence-electron chi connectivity index (χ3n) is 3.46. The first kappa shape index (κ1) is 29.1. The van der Waals surface area contributed by atoms with Crippen LogP contribution in [-0.4, -0.2) is 53.5 Å². The molecule has 0 fully saturated rings. The summed E-state index contributed by atoms with van der Waals surface area (Å²) in [5.41, 5.74) is -1.26. The topological polar surface area (TPSA) is 26.3 Å². The fourth-order valence-electron chi connectivity index (χ4n) is 1.51. The Labute approximate surface area is 160 Å². The van der Waals surface area contributed by atoms with E-state index in [4.69, 9.17) is 0 Å². The molecule has 0 rings (SSSR count). The molecule has 184 valence electrons. The molecule has 0 saturated heterocycles. The lowest BCUT2D eigenvalue weighted by molar-refractivity contribution is -0.467. The van der Waals surface area contributed by atoms with Crippen LogP contribution >= 0.6 is 0 Å². The normalized spacial score (nSPS) is 15.7. The van der Waals surface area contributed by atoms with E-state index in [0.717, 1.165) is 0 Å². The summed E-state index contributed by atoms with van der Waals surface area (Å²) in [5.74, 6) is -58.2. The number of halogens is 16. The SMILES string of the molecule is C=C(C)C(=O)OC(F)(F)C(F)(F)C(F)(F)C(F)(F)C(F)(F)C(F)(F)C(F)(F)C(C)(F)F. The van der Waals surface area contributed by atoms with Crippen molar-refractivity contribution in [3.63, 3.8) is 0 Å². The maximum Gasteiger partial charge on any atom is 0.473 e. The molecule has 0 spiro atoms. The van der Waals surface area contributed by atoms with Crippen molar-refractivity contribution in [1.29, 1.82) is 0 Å². The molecule has 0 aliphatic heterocycles. The quantitative estimate of drug-likeness (QED) is 0.215. The summed E-state index contributed by atoms with van der Waals surface area (Å²) >= 11 is 0. The number of hydrogen-bond donors (Lipinski definition) is 0. The summed E-state index contributed by atoms with van der Waals surface area (Å²) in [6, 6.07) is 0. The zero-order valence-corrected chi connectivity index (χ0v) is 14.6. The van der Waals surface area contributed by atoms with E-state index in [1.54, 1.807) is 0 Å². The van der Waals surface area contributed by atoms with E-state index in [1.807, 2.05) is 0 Å². The lowest BCUT2D eigenvalue weighted by atomic mass is 9.89. The fraction of sp³-hybridized carbons (Fsp3) is 0.769. The van der Waals surface area contributed by atoms with Crippen LogP contribution in [0.2, 0.25) is 0 Å². The number of esters is 1. The number of alkyl halides is 16. The molecule has 0 unspecified atom stereocenters. The van der Waals surface area contributed by atoms with E-state index < -0.39 is 66.0 Å². The van der Waals surface area contributed by atoms with Gasteiger partial charge in [-0.05, 0) is 6.92 Å². The van der Waals surface area contributed by atoms with Crippen LogP contribution < -0.4 is 0 Å². The van der Waals surface area contributed by atoms with Crippen molar-refractivity contribution in [2.75, 3.05) is 0 Å². The van der Waals surface area contributed by atoms with Crippen molar-refractivity contribution in [2.45, 2.75) is 61.4 Å². The second kappa shape index (κ2) is 7.31. The van der Waals surface area contributed by atoms with Crippen LogP contribution in [0.1, 0.15) is 13.8 Å². The third kappa shape index (κ3) is 3.89. The highest BCUT2D eigenvalue weighted by atomic mass is 19.4. The molecule has 0 aliphatic carbocycles. The molecule has 0 aromatic carbocycles. The monoisotopic (exact) mass is 500 g/mol. The van der Waals surface area contributed by atoms with E-state index >= 15 is 0 Å². The van der Waals surface area contributed by atoms with E-state index in [-0.39, 0.29) is 0 Å². The molecular formula is C13H8F16O2. The molecule has 0 aromatic rings. The first-order chi connectivity index (χ1) is 13.1. The van der Waals surface area contributed by atoms with Gasteiger partial charge < -0.3 is 4.74 Å². The van der Waals surface area contributed by atoms with Crippen molar-refractivity contribution >= 4 is 5.97 Å². The molecule has 0 aromatic heterocycles. The van der Waals surface area contributed by atoms with Crippen molar-refractivity contribution in [3.05, 3.63) is 12.2 Å². The number of carbonyl (C=O) groups is 1. The summed E-state index contributed by atoms with van der Waals surface area (Å²) in [6.45, 7) is 1.67. The van der Waals surface area contributed by atoms with Crippen LogP contribution in [0.3, 0.4) is 0 Å². The van der Waals surface area contributed by atoms with Crippen LogP contribution in [0, 0.1) is 0 Å². The van der Waals surface area contributed by atoms with Crippen LogP contribution in [0.4, 0.5) is 70.2 Å². The number of rotatable bonds is 9. The minimum absolute atomic E-state index is 0.422. The highest BCUT2D eigenvalue weighted by Crippen LogP contribution is 2.63. The van der Waals surface area contributed by atoms with Crippen LogP contribution in [0.25, 0.3) is 0 Å². The minimum atomic E-state index is -8.55. The zero-order valence-electron chi connectivity index (χ0n) is 14.6. The maximum atomic E-state index is 13.4. The van der Waals surface area contributed by atoms with Crippen molar-refractivity contribution in [2.24, 2.45) is 0 Å². The Kier molecular flexibility index (Phi) is 6.86. The molecule has 0 aliphatic rings.